The van der Waals surface area contributed by atoms with E-state index < -0.39 is 20.8 Å². The van der Waals surface area contributed by atoms with Crippen LogP contribution in [-0.2, 0) is 20.8 Å². The van der Waals surface area contributed by atoms with Crippen molar-refractivity contribution in [3.63, 3.8) is 0 Å². The Morgan fingerprint density at radius 3 is 2.58 bits per heavy atom. The molecule has 0 aliphatic heterocycles. The van der Waals surface area contributed by atoms with E-state index in [9.17, 15) is 12.6 Å². The summed E-state index contributed by atoms with van der Waals surface area (Å²) in [5.41, 5.74) is 6.88. The van der Waals surface area contributed by atoms with Gasteiger partial charge in [0, 0.05) is 28.9 Å². The molecule has 0 aromatic heterocycles. The molecule has 0 bridgehead atoms. The molecule has 2 atom stereocenters. The molecule has 0 aliphatic carbocycles. The molecular formula is C12H20N2O3S2. The second-order valence-corrected chi connectivity index (χ2v) is 7.87. The Morgan fingerprint density at radius 1 is 1.42 bits per heavy atom. The lowest BCUT2D eigenvalue weighted by atomic mass is 10.2. The number of nitrogens with two attached hydrogens (primary N) is 1. The van der Waals surface area contributed by atoms with Crippen molar-refractivity contribution in [1.82, 2.24) is 4.72 Å². The van der Waals surface area contributed by atoms with Crippen LogP contribution in [0.25, 0.3) is 0 Å². The first-order valence-corrected chi connectivity index (χ1v) is 9.12. The standard InChI is InChI=1S/C12H20N2O3S2/c1-9-4-5-12(11(13)8-9)19(16,17)14-10(2)6-7-18(3)15/h4-5,8,10,14H,6-7,13H2,1-3H3. The zero-order chi connectivity index (χ0) is 14.6. The topological polar surface area (TPSA) is 89.3 Å². The number of rotatable bonds is 6. The van der Waals surface area contributed by atoms with Crippen LogP contribution in [0.15, 0.2) is 23.1 Å². The maximum atomic E-state index is 12.2. The normalized spacial score (nSPS) is 15.1. The van der Waals surface area contributed by atoms with Crippen LogP contribution in [0.4, 0.5) is 5.69 Å². The number of benzene rings is 1. The van der Waals surface area contributed by atoms with Crippen LogP contribution >= 0.6 is 0 Å². The van der Waals surface area contributed by atoms with Crippen LogP contribution in [0, 0.1) is 6.92 Å². The predicted molar refractivity (Wildman–Crippen MR) is 78.9 cm³/mol. The number of aryl methyl sites for hydroxylation is 1. The van der Waals surface area contributed by atoms with Gasteiger partial charge in [0.15, 0.2) is 0 Å². The number of sulfonamides is 1. The van der Waals surface area contributed by atoms with Crippen molar-refractivity contribution < 1.29 is 12.6 Å². The summed E-state index contributed by atoms with van der Waals surface area (Å²) in [4.78, 5) is 0.0857. The molecule has 0 heterocycles. The Hall–Kier alpha value is -0.920. The summed E-state index contributed by atoms with van der Waals surface area (Å²) in [5, 5.41) is 0. The van der Waals surface area contributed by atoms with Gasteiger partial charge in [-0.1, -0.05) is 6.07 Å². The molecule has 0 radical (unpaired) electrons. The van der Waals surface area contributed by atoms with Gasteiger partial charge in [-0.3, -0.25) is 4.21 Å². The fourth-order valence-electron chi connectivity index (χ4n) is 1.64. The van der Waals surface area contributed by atoms with E-state index in [0.717, 1.165) is 5.56 Å². The summed E-state index contributed by atoms with van der Waals surface area (Å²) in [7, 11) is -4.55. The lowest BCUT2D eigenvalue weighted by Gasteiger charge is -2.15. The zero-order valence-corrected chi connectivity index (χ0v) is 13.0. The van der Waals surface area contributed by atoms with Gasteiger partial charge in [0.25, 0.3) is 0 Å². The molecule has 0 fully saturated rings. The van der Waals surface area contributed by atoms with Crippen LogP contribution < -0.4 is 10.5 Å². The highest BCUT2D eigenvalue weighted by Gasteiger charge is 2.19. The number of hydrogen-bond acceptors (Lipinski definition) is 4. The van der Waals surface area contributed by atoms with Crippen molar-refractivity contribution in [2.45, 2.75) is 31.2 Å². The van der Waals surface area contributed by atoms with Gasteiger partial charge in [0.05, 0.1) is 5.69 Å². The number of anilines is 1. The first-order valence-electron chi connectivity index (χ1n) is 5.91. The van der Waals surface area contributed by atoms with Crippen molar-refractivity contribution >= 4 is 26.5 Å². The third kappa shape index (κ3) is 4.93. The van der Waals surface area contributed by atoms with E-state index >= 15 is 0 Å². The van der Waals surface area contributed by atoms with Crippen molar-refractivity contribution in [1.29, 1.82) is 0 Å². The van der Waals surface area contributed by atoms with E-state index in [4.69, 9.17) is 5.73 Å². The quantitative estimate of drug-likeness (QED) is 0.768. The molecule has 1 rings (SSSR count). The van der Waals surface area contributed by atoms with Gasteiger partial charge in [-0.15, -0.1) is 0 Å². The maximum absolute atomic E-state index is 12.2. The maximum Gasteiger partial charge on any atom is 0.242 e. The van der Waals surface area contributed by atoms with Crippen LogP contribution in [0.3, 0.4) is 0 Å². The number of nitrogens with one attached hydrogen (secondary N) is 1. The Labute approximate surface area is 117 Å². The molecule has 3 N–H and O–H groups in total. The molecule has 5 nitrogen and oxygen atoms in total. The molecule has 2 unspecified atom stereocenters. The largest absolute Gasteiger partial charge is 0.398 e. The predicted octanol–water partition coefficient (Wildman–Crippen LogP) is 1.01. The van der Waals surface area contributed by atoms with Gasteiger partial charge in [-0.05, 0) is 38.0 Å². The summed E-state index contributed by atoms with van der Waals surface area (Å²) < 4.78 is 37.8. The lowest BCUT2D eigenvalue weighted by Crippen LogP contribution is -2.34. The Balaban J connectivity index is 2.83. The highest BCUT2D eigenvalue weighted by molar-refractivity contribution is 7.89. The average Bonchev–Trinajstić information content (AvgIpc) is 2.25. The van der Waals surface area contributed by atoms with Crippen LogP contribution in [0.5, 0.6) is 0 Å². The number of hydrogen-bond donors (Lipinski definition) is 2. The molecule has 7 heteroatoms. The third-order valence-electron chi connectivity index (χ3n) is 2.65. The van der Waals surface area contributed by atoms with E-state index in [1.807, 2.05) is 6.92 Å². The Morgan fingerprint density at radius 2 is 2.05 bits per heavy atom. The highest BCUT2D eigenvalue weighted by Crippen LogP contribution is 2.19. The van der Waals surface area contributed by atoms with E-state index in [-0.39, 0.29) is 16.6 Å². The van der Waals surface area contributed by atoms with Crippen LogP contribution in [0.1, 0.15) is 18.9 Å². The van der Waals surface area contributed by atoms with E-state index in [2.05, 4.69) is 4.72 Å². The molecular weight excluding hydrogens is 284 g/mol. The summed E-state index contributed by atoms with van der Waals surface area (Å²) in [5.74, 6) is 0.465. The minimum Gasteiger partial charge on any atom is -0.398 e. The van der Waals surface area contributed by atoms with Gasteiger partial charge < -0.3 is 5.73 Å². The molecule has 108 valence electrons. The van der Waals surface area contributed by atoms with Crippen molar-refractivity contribution in [2.24, 2.45) is 0 Å². The molecule has 1 aromatic rings. The monoisotopic (exact) mass is 304 g/mol. The fourth-order valence-corrected chi connectivity index (χ4v) is 3.72. The van der Waals surface area contributed by atoms with Gasteiger partial charge in [-0.2, -0.15) is 0 Å². The van der Waals surface area contributed by atoms with Crippen molar-refractivity contribution in [3.8, 4) is 0 Å². The molecule has 0 amide bonds. The second-order valence-electron chi connectivity index (χ2n) is 4.63. The van der Waals surface area contributed by atoms with E-state index in [1.165, 1.54) is 6.07 Å². The van der Waals surface area contributed by atoms with Gasteiger partial charge >= 0.3 is 0 Å². The van der Waals surface area contributed by atoms with Gasteiger partial charge in [0.2, 0.25) is 10.0 Å². The van der Waals surface area contributed by atoms with Crippen molar-refractivity contribution in [2.75, 3.05) is 17.7 Å². The first kappa shape index (κ1) is 16.1. The number of nitrogen functional groups attached to an aromatic ring is 1. The highest BCUT2D eigenvalue weighted by atomic mass is 32.2. The van der Waals surface area contributed by atoms with Crippen molar-refractivity contribution in [3.05, 3.63) is 23.8 Å². The first-order chi connectivity index (χ1) is 8.72. The zero-order valence-electron chi connectivity index (χ0n) is 11.3. The summed E-state index contributed by atoms with van der Waals surface area (Å²) >= 11 is 0. The SMILES string of the molecule is Cc1ccc(S(=O)(=O)NC(C)CCS(C)=O)c(N)c1. The molecule has 1 aromatic carbocycles. The van der Waals surface area contributed by atoms with Gasteiger partial charge in [-0.25, -0.2) is 13.1 Å². The second kappa shape index (κ2) is 6.49. The summed E-state index contributed by atoms with van der Waals surface area (Å²) in [6.07, 6.45) is 2.12. The fraction of sp³-hybridized carbons (Fsp3) is 0.500. The van der Waals surface area contributed by atoms with E-state index in [1.54, 1.807) is 25.3 Å². The summed E-state index contributed by atoms with van der Waals surface area (Å²) in [6.45, 7) is 3.59. The Kier molecular flexibility index (Phi) is 5.51. The smallest absolute Gasteiger partial charge is 0.242 e. The molecule has 0 spiro atoms. The third-order valence-corrected chi connectivity index (χ3v) is 5.12. The molecule has 0 aliphatic rings. The lowest BCUT2D eigenvalue weighted by molar-refractivity contribution is 0.556. The molecule has 0 saturated heterocycles. The Bertz CT molecular complexity index is 570. The average molecular weight is 304 g/mol. The van der Waals surface area contributed by atoms with E-state index in [0.29, 0.717) is 12.2 Å². The molecule has 19 heavy (non-hydrogen) atoms. The van der Waals surface area contributed by atoms with Crippen LogP contribution in [0.2, 0.25) is 0 Å². The molecule has 0 saturated carbocycles. The van der Waals surface area contributed by atoms with Gasteiger partial charge in [0.1, 0.15) is 4.90 Å². The minimum atomic E-state index is -3.63. The summed E-state index contributed by atoms with van der Waals surface area (Å²) in [6, 6.07) is 4.55. The minimum absolute atomic E-state index is 0.0857. The van der Waals surface area contributed by atoms with Crippen LogP contribution in [-0.4, -0.2) is 30.7 Å².